The molecule has 0 saturated carbocycles. The first kappa shape index (κ1) is 14.8. The summed E-state index contributed by atoms with van der Waals surface area (Å²) in [5, 5.41) is 3.24. The molecule has 1 N–H and O–H groups in total. The second-order valence-corrected chi connectivity index (χ2v) is 4.67. The van der Waals surface area contributed by atoms with E-state index in [0.717, 1.165) is 36.4 Å². The van der Waals surface area contributed by atoms with Crippen molar-refractivity contribution in [3.8, 4) is 11.5 Å². The molecule has 0 amide bonds. The van der Waals surface area contributed by atoms with Gasteiger partial charge in [0, 0.05) is 0 Å². The third-order valence-corrected chi connectivity index (χ3v) is 3.38. The molecule has 0 radical (unpaired) electrons. The van der Waals surface area contributed by atoms with Gasteiger partial charge in [0.2, 0.25) is 0 Å². The van der Waals surface area contributed by atoms with Crippen LogP contribution in [0.2, 0.25) is 0 Å². The van der Waals surface area contributed by atoms with E-state index in [2.05, 4.69) is 24.4 Å². The van der Waals surface area contributed by atoms with Crippen molar-refractivity contribution >= 4 is 0 Å². The van der Waals surface area contributed by atoms with Gasteiger partial charge in [0.05, 0.1) is 14.2 Å². The van der Waals surface area contributed by atoms with Crippen LogP contribution in [-0.2, 0) is 6.42 Å². The van der Waals surface area contributed by atoms with Crippen molar-refractivity contribution in [2.24, 2.45) is 5.92 Å². The minimum atomic E-state index is 0.622. The van der Waals surface area contributed by atoms with Crippen LogP contribution < -0.4 is 14.8 Å². The Labute approximate surface area is 110 Å². The van der Waals surface area contributed by atoms with Gasteiger partial charge >= 0.3 is 0 Å². The molecule has 0 aliphatic carbocycles. The van der Waals surface area contributed by atoms with Gasteiger partial charge < -0.3 is 14.8 Å². The van der Waals surface area contributed by atoms with Crippen molar-refractivity contribution in [2.45, 2.75) is 26.7 Å². The van der Waals surface area contributed by atoms with E-state index in [4.69, 9.17) is 9.47 Å². The highest BCUT2D eigenvalue weighted by atomic mass is 16.5. The summed E-state index contributed by atoms with van der Waals surface area (Å²) >= 11 is 0. The zero-order chi connectivity index (χ0) is 13.5. The molecule has 3 nitrogen and oxygen atoms in total. The molecule has 0 bridgehead atoms. The van der Waals surface area contributed by atoms with Crippen molar-refractivity contribution < 1.29 is 9.47 Å². The molecule has 102 valence electrons. The molecule has 0 fully saturated rings. The minimum absolute atomic E-state index is 0.622. The van der Waals surface area contributed by atoms with Crippen molar-refractivity contribution in [1.82, 2.24) is 5.32 Å². The lowest BCUT2D eigenvalue weighted by molar-refractivity contribution is 0.389. The van der Waals surface area contributed by atoms with Gasteiger partial charge in [-0.2, -0.15) is 0 Å². The van der Waals surface area contributed by atoms with Crippen LogP contribution >= 0.6 is 0 Å². The van der Waals surface area contributed by atoms with Crippen LogP contribution in [-0.4, -0.2) is 27.8 Å². The normalized spacial score (nSPS) is 12.3. The number of rotatable bonds is 7. The predicted octanol–water partition coefficient (Wildman–Crippen LogP) is 2.80. The van der Waals surface area contributed by atoms with E-state index in [1.807, 2.05) is 14.0 Å². The maximum Gasteiger partial charge on any atom is 0.122 e. The number of benzene rings is 1. The van der Waals surface area contributed by atoms with Gasteiger partial charge in [0.1, 0.15) is 11.5 Å². The van der Waals surface area contributed by atoms with Gasteiger partial charge in [-0.25, -0.2) is 0 Å². The Kier molecular flexibility index (Phi) is 5.99. The van der Waals surface area contributed by atoms with E-state index in [-0.39, 0.29) is 0 Å². The summed E-state index contributed by atoms with van der Waals surface area (Å²) in [6.45, 7) is 5.28. The minimum Gasteiger partial charge on any atom is -0.496 e. The van der Waals surface area contributed by atoms with Gasteiger partial charge in [0.15, 0.2) is 0 Å². The van der Waals surface area contributed by atoms with Gasteiger partial charge in [-0.1, -0.05) is 13.3 Å². The number of hydrogen-bond acceptors (Lipinski definition) is 3. The topological polar surface area (TPSA) is 30.5 Å². The zero-order valence-electron chi connectivity index (χ0n) is 12.2. The lowest BCUT2D eigenvalue weighted by Crippen LogP contribution is -2.20. The Morgan fingerprint density at radius 1 is 1.17 bits per heavy atom. The first-order valence-corrected chi connectivity index (χ1v) is 6.52. The summed E-state index contributed by atoms with van der Waals surface area (Å²) in [5.74, 6) is 2.52. The Morgan fingerprint density at radius 2 is 1.83 bits per heavy atom. The molecular formula is C15H25NO2. The van der Waals surface area contributed by atoms with E-state index < -0.39 is 0 Å². The van der Waals surface area contributed by atoms with Gasteiger partial charge in [-0.05, 0) is 56.1 Å². The number of nitrogens with one attached hydrogen (secondary N) is 1. The van der Waals surface area contributed by atoms with Gasteiger partial charge in [-0.3, -0.25) is 0 Å². The van der Waals surface area contributed by atoms with E-state index in [1.165, 1.54) is 5.56 Å². The van der Waals surface area contributed by atoms with E-state index in [9.17, 15) is 0 Å². The average Bonchev–Trinajstić information content (AvgIpc) is 2.39. The first-order valence-electron chi connectivity index (χ1n) is 6.52. The Bertz CT molecular complexity index is 377. The lowest BCUT2D eigenvalue weighted by atomic mass is 9.95. The van der Waals surface area contributed by atoms with Gasteiger partial charge in [-0.15, -0.1) is 0 Å². The second-order valence-electron chi connectivity index (χ2n) is 4.67. The predicted molar refractivity (Wildman–Crippen MR) is 75.7 cm³/mol. The number of ether oxygens (including phenoxy) is 2. The van der Waals surface area contributed by atoms with Gasteiger partial charge in [0.25, 0.3) is 0 Å². The zero-order valence-corrected chi connectivity index (χ0v) is 12.2. The largest absolute Gasteiger partial charge is 0.496 e. The third-order valence-electron chi connectivity index (χ3n) is 3.38. The van der Waals surface area contributed by atoms with E-state index in [1.54, 1.807) is 14.2 Å². The Morgan fingerprint density at radius 3 is 2.33 bits per heavy atom. The highest BCUT2D eigenvalue weighted by Crippen LogP contribution is 2.30. The molecule has 0 spiro atoms. The van der Waals surface area contributed by atoms with Crippen LogP contribution in [0.25, 0.3) is 0 Å². The fourth-order valence-electron chi connectivity index (χ4n) is 2.23. The van der Waals surface area contributed by atoms with Crippen LogP contribution in [0, 0.1) is 12.8 Å². The van der Waals surface area contributed by atoms with E-state index in [0.29, 0.717) is 5.92 Å². The maximum atomic E-state index is 5.47. The van der Waals surface area contributed by atoms with Crippen molar-refractivity contribution in [2.75, 3.05) is 27.8 Å². The standard InChI is InChI=1S/C15H25NO2/c1-6-12(10-16-3)8-13-9-14(17-4)11(2)7-15(13)18-5/h7,9,12,16H,6,8,10H2,1-5H3. The molecule has 1 atom stereocenters. The smallest absolute Gasteiger partial charge is 0.122 e. The monoisotopic (exact) mass is 251 g/mol. The molecule has 1 aromatic carbocycles. The lowest BCUT2D eigenvalue weighted by Gasteiger charge is -2.18. The molecule has 1 aromatic rings. The average molecular weight is 251 g/mol. The molecular weight excluding hydrogens is 226 g/mol. The van der Waals surface area contributed by atoms with E-state index >= 15 is 0 Å². The summed E-state index contributed by atoms with van der Waals surface area (Å²) in [6.07, 6.45) is 2.16. The van der Waals surface area contributed by atoms with Crippen LogP contribution in [0.4, 0.5) is 0 Å². The molecule has 0 aliphatic heterocycles. The summed E-state index contributed by atoms with van der Waals surface area (Å²) in [6, 6.07) is 4.16. The number of hydrogen-bond donors (Lipinski definition) is 1. The fourth-order valence-corrected chi connectivity index (χ4v) is 2.23. The second kappa shape index (κ2) is 7.27. The van der Waals surface area contributed by atoms with Crippen LogP contribution in [0.1, 0.15) is 24.5 Å². The number of aryl methyl sites for hydroxylation is 1. The highest BCUT2D eigenvalue weighted by molar-refractivity contribution is 5.46. The first-order chi connectivity index (χ1) is 8.65. The molecule has 0 aromatic heterocycles. The quantitative estimate of drug-likeness (QED) is 0.808. The Hall–Kier alpha value is -1.22. The van der Waals surface area contributed by atoms with Crippen LogP contribution in [0.15, 0.2) is 12.1 Å². The molecule has 0 aliphatic rings. The van der Waals surface area contributed by atoms with Crippen LogP contribution in [0.3, 0.4) is 0 Å². The molecule has 1 unspecified atom stereocenters. The van der Waals surface area contributed by atoms with Crippen molar-refractivity contribution in [3.63, 3.8) is 0 Å². The maximum absolute atomic E-state index is 5.47. The molecule has 0 heterocycles. The Balaban J connectivity index is 2.98. The highest BCUT2D eigenvalue weighted by Gasteiger charge is 2.13. The van der Waals surface area contributed by atoms with Crippen LogP contribution in [0.5, 0.6) is 11.5 Å². The summed E-state index contributed by atoms with van der Waals surface area (Å²) in [7, 11) is 5.43. The van der Waals surface area contributed by atoms with Crippen molar-refractivity contribution in [1.29, 1.82) is 0 Å². The summed E-state index contributed by atoms with van der Waals surface area (Å²) in [5.41, 5.74) is 2.34. The molecule has 1 rings (SSSR count). The fraction of sp³-hybridized carbons (Fsp3) is 0.600. The number of methoxy groups -OCH3 is 2. The third kappa shape index (κ3) is 3.64. The molecule has 0 saturated heterocycles. The SMILES string of the molecule is CCC(CNC)Cc1cc(OC)c(C)cc1OC. The summed E-state index contributed by atoms with van der Waals surface area (Å²) in [4.78, 5) is 0. The summed E-state index contributed by atoms with van der Waals surface area (Å²) < 4.78 is 10.9. The van der Waals surface area contributed by atoms with Crippen molar-refractivity contribution in [3.05, 3.63) is 23.3 Å². The molecule has 3 heteroatoms. The molecule has 18 heavy (non-hydrogen) atoms.